The SMILES string of the molecule is C=C/C=C\c1nc(-c2n[nH]c3ccc(-c4cnccn4)cc23)[nH]c1C. The van der Waals surface area contributed by atoms with Crippen LogP contribution in [-0.2, 0) is 0 Å². The molecule has 0 saturated carbocycles. The molecule has 0 spiro atoms. The van der Waals surface area contributed by atoms with Crippen LogP contribution in [0.5, 0.6) is 0 Å². The van der Waals surface area contributed by atoms with Crippen LogP contribution < -0.4 is 0 Å². The van der Waals surface area contributed by atoms with Crippen LogP contribution in [0.25, 0.3) is 39.8 Å². The molecule has 122 valence electrons. The maximum absolute atomic E-state index is 4.64. The van der Waals surface area contributed by atoms with Gasteiger partial charge in [0.15, 0.2) is 5.82 Å². The molecule has 0 saturated heterocycles. The van der Waals surface area contributed by atoms with E-state index >= 15 is 0 Å². The summed E-state index contributed by atoms with van der Waals surface area (Å²) in [5.74, 6) is 0.726. The molecule has 6 heteroatoms. The van der Waals surface area contributed by atoms with E-state index in [-0.39, 0.29) is 0 Å². The van der Waals surface area contributed by atoms with Crippen molar-refractivity contribution < 1.29 is 0 Å². The second-order valence-corrected chi connectivity index (χ2v) is 5.61. The Hall–Kier alpha value is -3.54. The van der Waals surface area contributed by atoms with Gasteiger partial charge in [0, 0.05) is 29.0 Å². The van der Waals surface area contributed by atoms with Crippen LogP contribution in [0.4, 0.5) is 0 Å². The Morgan fingerprint density at radius 3 is 2.92 bits per heavy atom. The number of hydrogen-bond donors (Lipinski definition) is 2. The largest absolute Gasteiger partial charge is 0.340 e. The highest BCUT2D eigenvalue weighted by Gasteiger charge is 2.14. The number of rotatable bonds is 4. The number of aromatic amines is 2. The predicted octanol–water partition coefficient (Wildman–Crippen LogP) is 3.92. The van der Waals surface area contributed by atoms with Crippen LogP contribution in [0.15, 0.2) is 55.5 Å². The van der Waals surface area contributed by atoms with E-state index in [1.54, 1.807) is 24.7 Å². The molecule has 4 aromatic rings. The monoisotopic (exact) mass is 328 g/mol. The topological polar surface area (TPSA) is 83.1 Å². The zero-order chi connectivity index (χ0) is 17.2. The Morgan fingerprint density at radius 1 is 1.20 bits per heavy atom. The third-order valence-electron chi connectivity index (χ3n) is 3.96. The number of benzene rings is 1. The van der Waals surface area contributed by atoms with Crippen LogP contribution in [0.2, 0.25) is 0 Å². The minimum Gasteiger partial charge on any atom is -0.340 e. The van der Waals surface area contributed by atoms with Gasteiger partial charge in [-0.3, -0.25) is 15.1 Å². The lowest BCUT2D eigenvalue weighted by atomic mass is 10.1. The first-order chi connectivity index (χ1) is 12.3. The van der Waals surface area contributed by atoms with E-state index in [9.17, 15) is 0 Å². The van der Waals surface area contributed by atoms with Gasteiger partial charge in [0.2, 0.25) is 0 Å². The van der Waals surface area contributed by atoms with E-state index in [2.05, 4.69) is 42.8 Å². The first-order valence-corrected chi connectivity index (χ1v) is 7.87. The van der Waals surface area contributed by atoms with Gasteiger partial charge < -0.3 is 4.98 Å². The van der Waals surface area contributed by atoms with Crippen molar-refractivity contribution in [2.45, 2.75) is 6.92 Å². The van der Waals surface area contributed by atoms with E-state index in [0.717, 1.165) is 45.1 Å². The van der Waals surface area contributed by atoms with Crippen molar-refractivity contribution in [1.29, 1.82) is 0 Å². The van der Waals surface area contributed by atoms with Gasteiger partial charge >= 0.3 is 0 Å². The van der Waals surface area contributed by atoms with Gasteiger partial charge in [0.1, 0.15) is 5.69 Å². The van der Waals surface area contributed by atoms with Crippen molar-refractivity contribution in [1.82, 2.24) is 30.1 Å². The van der Waals surface area contributed by atoms with E-state index in [1.165, 1.54) is 0 Å². The maximum Gasteiger partial charge on any atom is 0.159 e. The molecule has 25 heavy (non-hydrogen) atoms. The molecule has 0 aliphatic heterocycles. The summed E-state index contributed by atoms with van der Waals surface area (Å²) in [7, 11) is 0. The van der Waals surface area contributed by atoms with Gasteiger partial charge in [0.05, 0.1) is 23.1 Å². The normalized spacial score (nSPS) is 11.4. The summed E-state index contributed by atoms with van der Waals surface area (Å²) in [6.07, 6.45) is 10.6. The Kier molecular flexibility index (Phi) is 3.70. The van der Waals surface area contributed by atoms with Gasteiger partial charge in [0.25, 0.3) is 0 Å². The fourth-order valence-electron chi connectivity index (χ4n) is 2.71. The molecule has 2 N–H and O–H groups in total. The highest BCUT2D eigenvalue weighted by atomic mass is 15.1. The molecule has 0 radical (unpaired) electrons. The molecule has 0 atom stereocenters. The number of allylic oxidation sites excluding steroid dienone is 2. The molecule has 1 aromatic carbocycles. The van der Waals surface area contributed by atoms with Crippen molar-refractivity contribution in [3.8, 4) is 22.8 Å². The molecule has 4 rings (SSSR count). The molecule has 0 amide bonds. The Labute approximate surface area is 144 Å². The van der Waals surface area contributed by atoms with E-state index in [1.807, 2.05) is 31.2 Å². The van der Waals surface area contributed by atoms with Crippen molar-refractivity contribution in [2.75, 3.05) is 0 Å². The summed E-state index contributed by atoms with van der Waals surface area (Å²) in [4.78, 5) is 16.4. The van der Waals surface area contributed by atoms with Crippen LogP contribution in [0.1, 0.15) is 11.4 Å². The van der Waals surface area contributed by atoms with Crippen molar-refractivity contribution in [3.63, 3.8) is 0 Å². The fourth-order valence-corrected chi connectivity index (χ4v) is 2.71. The first-order valence-electron chi connectivity index (χ1n) is 7.87. The summed E-state index contributed by atoms with van der Waals surface area (Å²) in [6, 6.07) is 6.04. The summed E-state index contributed by atoms with van der Waals surface area (Å²) < 4.78 is 0. The molecule has 0 fully saturated rings. The number of nitrogens with one attached hydrogen (secondary N) is 2. The minimum atomic E-state index is 0.726. The number of hydrogen-bond acceptors (Lipinski definition) is 4. The summed E-state index contributed by atoms with van der Waals surface area (Å²) in [6.45, 7) is 5.67. The molecular formula is C19H16N6. The molecule has 0 aliphatic rings. The lowest BCUT2D eigenvalue weighted by Crippen LogP contribution is -1.85. The lowest BCUT2D eigenvalue weighted by molar-refractivity contribution is 1.10. The van der Waals surface area contributed by atoms with Crippen LogP contribution in [-0.4, -0.2) is 30.1 Å². The third-order valence-corrected chi connectivity index (χ3v) is 3.96. The van der Waals surface area contributed by atoms with Gasteiger partial charge in [-0.2, -0.15) is 5.10 Å². The van der Waals surface area contributed by atoms with Gasteiger partial charge in [-0.25, -0.2) is 4.98 Å². The summed E-state index contributed by atoms with van der Waals surface area (Å²) in [5, 5.41) is 8.48. The van der Waals surface area contributed by atoms with Crippen molar-refractivity contribution in [2.24, 2.45) is 0 Å². The summed E-state index contributed by atoms with van der Waals surface area (Å²) in [5.41, 5.74) is 5.38. The number of nitrogens with zero attached hydrogens (tertiary/aromatic N) is 4. The Bertz CT molecular complexity index is 1070. The van der Waals surface area contributed by atoms with Crippen LogP contribution in [0, 0.1) is 6.92 Å². The third kappa shape index (κ3) is 2.74. The summed E-state index contributed by atoms with van der Waals surface area (Å²) >= 11 is 0. The minimum absolute atomic E-state index is 0.726. The van der Waals surface area contributed by atoms with Crippen LogP contribution >= 0.6 is 0 Å². The molecular weight excluding hydrogens is 312 g/mol. The predicted molar refractivity (Wildman–Crippen MR) is 98.7 cm³/mol. The van der Waals surface area contributed by atoms with Gasteiger partial charge in [-0.1, -0.05) is 24.8 Å². The van der Waals surface area contributed by atoms with E-state index in [4.69, 9.17) is 0 Å². The molecule has 3 heterocycles. The smallest absolute Gasteiger partial charge is 0.159 e. The van der Waals surface area contributed by atoms with Gasteiger partial charge in [-0.15, -0.1) is 0 Å². The van der Waals surface area contributed by atoms with Crippen molar-refractivity contribution >= 4 is 17.0 Å². The number of imidazole rings is 1. The number of aromatic nitrogens is 6. The van der Waals surface area contributed by atoms with E-state index < -0.39 is 0 Å². The Morgan fingerprint density at radius 2 is 2.12 bits per heavy atom. The molecule has 6 nitrogen and oxygen atoms in total. The molecule has 0 bridgehead atoms. The highest BCUT2D eigenvalue weighted by Crippen LogP contribution is 2.29. The first kappa shape index (κ1) is 15.0. The second-order valence-electron chi connectivity index (χ2n) is 5.61. The average molecular weight is 328 g/mol. The quantitative estimate of drug-likeness (QED) is 0.556. The van der Waals surface area contributed by atoms with E-state index in [0.29, 0.717) is 0 Å². The molecule has 0 unspecified atom stereocenters. The molecule has 3 aromatic heterocycles. The Balaban J connectivity index is 1.83. The average Bonchev–Trinajstić information content (AvgIpc) is 3.23. The second kappa shape index (κ2) is 6.16. The number of H-pyrrole nitrogens is 2. The van der Waals surface area contributed by atoms with Crippen LogP contribution in [0.3, 0.4) is 0 Å². The lowest BCUT2D eigenvalue weighted by Gasteiger charge is -2.00. The number of aryl methyl sites for hydroxylation is 1. The zero-order valence-electron chi connectivity index (χ0n) is 13.7. The van der Waals surface area contributed by atoms with Crippen molar-refractivity contribution in [3.05, 3.63) is 66.9 Å². The highest BCUT2D eigenvalue weighted by molar-refractivity contribution is 5.94. The molecule has 0 aliphatic carbocycles. The number of fused-ring (bicyclic) bond motifs is 1. The zero-order valence-corrected chi connectivity index (χ0v) is 13.7. The van der Waals surface area contributed by atoms with Gasteiger partial charge in [-0.05, 0) is 25.1 Å². The maximum atomic E-state index is 4.64. The fraction of sp³-hybridized carbons (Fsp3) is 0.0526. The standard InChI is InChI=1S/C19H16N6/c1-3-4-5-15-12(2)22-19(23-15)18-14-10-13(6-7-16(14)24-25-18)17-11-20-8-9-21-17/h3-11H,1H2,2H3,(H,22,23)(H,24,25)/b5-4-.